The van der Waals surface area contributed by atoms with Crippen molar-refractivity contribution in [3.63, 3.8) is 0 Å². The van der Waals surface area contributed by atoms with Gasteiger partial charge in [0.05, 0.1) is 16.8 Å². The summed E-state index contributed by atoms with van der Waals surface area (Å²) in [5.41, 5.74) is 2.29. The third kappa shape index (κ3) is 4.05. The average molecular weight is 439 g/mol. The molecule has 3 heterocycles. The second kappa shape index (κ2) is 8.01. The topological polar surface area (TPSA) is 56.8 Å². The maximum absolute atomic E-state index is 14.2. The first-order valence-electron chi connectivity index (χ1n) is 11.7. The van der Waals surface area contributed by atoms with E-state index in [1.165, 1.54) is 12.1 Å². The van der Waals surface area contributed by atoms with Crippen molar-refractivity contribution in [3.05, 3.63) is 35.8 Å². The van der Waals surface area contributed by atoms with Gasteiger partial charge in [0.25, 0.3) is 5.91 Å². The van der Waals surface area contributed by atoms with Gasteiger partial charge in [-0.05, 0) is 49.3 Å². The highest BCUT2D eigenvalue weighted by atomic mass is 19.1. The highest BCUT2D eigenvalue weighted by molar-refractivity contribution is 6.07. The number of amides is 2. The molecule has 1 aromatic heterocycles. The average Bonchev–Trinajstić information content (AvgIpc) is 3.63. The van der Waals surface area contributed by atoms with Crippen LogP contribution in [0.25, 0.3) is 10.9 Å². The molecule has 2 saturated heterocycles. The number of carbonyl (C=O) groups excluding carboxylic acids is 2. The molecule has 1 aromatic carbocycles. The van der Waals surface area contributed by atoms with E-state index in [1.807, 2.05) is 9.80 Å². The number of piperazine rings is 1. The molecule has 170 valence electrons. The number of halogens is 1. The fraction of sp³-hybridized carbons (Fsp3) is 0.560. The number of hydrogen-bond donors (Lipinski definition) is 0. The first kappa shape index (κ1) is 21.2. The lowest BCUT2D eigenvalue weighted by Gasteiger charge is -2.40. The van der Waals surface area contributed by atoms with Gasteiger partial charge in [-0.1, -0.05) is 13.8 Å². The van der Waals surface area contributed by atoms with E-state index in [1.54, 1.807) is 12.3 Å². The van der Waals surface area contributed by atoms with Gasteiger partial charge in [0.15, 0.2) is 0 Å². The van der Waals surface area contributed by atoms with Crippen molar-refractivity contribution in [2.24, 2.45) is 11.3 Å². The van der Waals surface area contributed by atoms with E-state index >= 15 is 0 Å². The summed E-state index contributed by atoms with van der Waals surface area (Å²) in [7, 11) is 0. The van der Waals surface area contributed by atoms with Crippen LogP contribution in [0.5, 0.6) is 0 Å². The maximum atomic E-state index is 14.2. The number of aromatic nitrogens is 1. The lowest BCUT2D eigenvalue weighted by atomic mass is 9.82. The van der Waals surface area contributed by atoms with E-state index in [0.717, 1.165) is 44.5 Å². The maximum Gasteiger partial charge on any atom is 0.257 e. The molecule has 7 heteroatoms. The lowest BCUT2D eigenvalue weighted by Crippen LogP contribution is -2.51. The quantitative estimate of drug-likeness (QED) is 0.733. The Morgan fingerprint density at radius 2 is 1.66 bits per heavy atom. The first-order valence-corrected chi connectivity index (χ1v) is 11.7. The lowest BCUT2D eigenvalue weighted by molar-refractivity contribution is -0.134. The van der Waals surface area contributed by atoms with Crippen molar-refractivity contribution in [1.29, 1.82) is 0 Å². The minimum Gasteiger partial charge on any atom is -0.370 e. The Balaban J connectivity index is 1.44. The Hall–Kier alpha value is -2.70. The monoisotopic (exact) mass is 438 g/mol. The number of nitrogens with zero attached hydrogens (tertiary/aromatic N) is 4. The minimum atomic E-state index is -0.324. The van der Waals surface area contributed by atoms with Crippen molar-refractivity contribution in [2.45, 2.75) is 39.5 Å². The molecule has 2 amide bonds. The van der Waals surface area contributed by atoms with Gasteiger partial charge in [-0.15, -0.1) is 0 Å². The van der Waals surface area contributed by atoms with E-state index in [-0.39, 0.29) is 29.0 Å². The molecule has 0 atom stereocenters. The molecule has 32 heavy (non-hydrogen) atoms. The van der Waals surface area contributed by atoms with Crippen LogP contribution in [-0.2, 0) is 4.79 Å². The molecule has 2 aliphatic heterocycles. The standard InChI is InChI=1S/C25H31FN4O2/c1-25(2)7-9-28(10-8-25)22-19-15-18(26)5-6-21(19)27-16-20(22)24(32)30-13-11-29(12-14-30)23(31)17-3-4-17/h5-6,15-17H,3-4,7-14H2,1-2H3. The number of anilines is 1. The highest BCUT2D eigenvalue weighted by Gasteiger charge is 2.36. The summed E-state index contributed by atoms with van der Waals surface area (Å²) in [6.45, 7) is 8.37. The minimum absolute atomic E-state index is 0.0815. The number of benzene rings is 1. The third-order valence-corrected chi connectivity index (χ3v) is 7.27. The number of carbonyl (C=O) groups is 2. The van der Waals surface area contributed by atoms with Gasteiger partial charge in [-0.2, -0.15) is 0 Å². The third-order valence-electron chi connectivity index (χ3n) is 7.27. The van der Waals surface area contributed by atoms with Crippen LogP contribution in [-0.4, -0.2) is 65.9 Å². The van der Waals surface area contributed by atoms with E-state index in [4.69, 9.17) is 0 Å². The number of rotatable bonds is 3. The van der Waals surface area contributed by atoms with Crippen LogP contribution < -0.4 is 4.90 Å². The zero-order chi connectivity index (χ0) is 22.5. The van der Waals surface area contributed by atoms with Crippen molar-refractivity contribution >= 4 is 28.4 Å². The molecule has 1 aliphatic carbocycles. The molecular formula is C25H31FN4O2. The summed E-state index contributed by atoms with van der Waals surface area (Å²) in [6.07, 6.45) is 5.67. The van der Waals surface area contributed by atoms with Gasteiger partial charge in [0.2, 0.25) is 5.91 Å². The van der Waals surface area contributed by atoms with Crippen LogP contribution in [0.4, 0.5) is 10.1 Å². The first-order chi connectivity index (χ1) is 15.3. The summed E-state index contributed by atoms with van der Waals surface area (Å²) in [4.78, 5) is 36.4. The fourth-order valence-corrected chi connectivity index (χ4v) is 4.87. The van der Waals surface area contributed by atoms with Crippen molar-refractivity contribution in [3.8, 4) is 0 Å². The molecule has 1 saturated carbocycles. The molecule has 0 bridgehead atoms. The molecule has 0 unspecified atom stereocenters. The van der Waals surface area contributed by atoms with Crippen molar-refractivity contribution in [2.75, 3.05) is 44.2 Å². The Morgan fingerprint density at radius 3 is 2.31 bits per heavy atom. The Kier molecular flexibility index (Phi) is 5.30. The molecule has 0 radical (unpaired) electrons. The molecule has 3 aliphatic rings. The Bertz CT molecular complexity index is 1050. The summed E-state index contributed by atoms with van der Waals surface area (Å²) < 4.78 is 14.2. The van der Waals surface area contributed by atoms with Crippen LogP contribution in [0.2, 0.25) is 0 Å². The summed E-state index contributed by atoms with van der Waals surface area (Å²) in [6, 6.07) is 4.59. The predicted molar refractivity (Wildman–Crippen MR) is 122 cm³/mol. The second-order valence-corrected chi connectivity index (χ2v) is 10.2. The number of fused-ring (bicyclic) bond motifs is 1. The van der Waals surface area contributed by atoms with Crippen LogP contribution in [0.1, 0.15) is 49.9 Å². The van der Waals surface area contributed by atoms with E-state index < -0.39 is 0 Å². The second-order valence-electron chi connectivity index (χ2n) is 10.2. The van der Waals surface area contributed by atoms with E-state index in [9.17, 15) is 14.0 Å². The van der Waals surface area contributed by atoms with Crippen molar-refractivity contribution in [1.82, 2.24) is 14.8 Å². The summed E-state index contributed by atoms with van der Waals surface area (Å²) in [5.74, 6) is 0.0278. The highest BCUT2D eigenvalue weighted by Crippen LogP contribution is 2.37. The van der Waals surface area contributed by atoms with E-state index in [0.29, 0.717) is 42.6 Å². The number of pyridine rings is 1. The Morgan fingerprint density at radius 1 is 1.00 bits per heavy atom. The normalized spacial score (nSPS) is 21.2. The SMILES string of the molecule is CC1(C)CCN(c2c(C(=O)N3CCN(C(=O)C4CC4)CC3)cnc3ccc(F)cc23)CC1. The van der Waals surface area contributed by atoms with Gasteiger partial charge >= 0.3 is 0 Å². The molecule has 3 fully saturated rings. The molecular weight excluding hydrogens is 407 g/mol. The Labute approximate surface area is 188 Å². The van der Waals surface area contributed by atoms with E-state index in [2.05, 4.69) is 23.7 Å². The zero-order valence-corrected chi connectivity index (χ0v) is 18.9. The predicted octanol–water partition coefficient (Wildman–Crippen LogP) is 3.69. The van der Waals surface area contributed by atoms with Gasteiger partial charge < -0.3 is 14.7 Å². The zero-order valence-electron chi connectivity index (χ0n) is 18.9. The number of hydrogen-bond acceptors (Lipinski definition) is 4. The summed E-state index contributed by atoms with van der Waals surface area (Å²) in [5, 5.41) is 0.693. The smallest absolute Gasteiger partial charge is 0.257 e. The van der Waals surface area contributed by atoms with Gasteiger partial charge in [-0.3, -0.25) is 14.6 Å². The fourth-order valence-electron chi connectivity index (χ4n) is 4.87. The van der Waals surface area contributed by atoms with Crippen LogP contribution in [0.15, 0.2) is 24.4 Å². The van der Waals surface area contributed by atoms with Gasteiger partial charge in [0, 0.05) is 56.8 Å². The summed E-state index contributed by atoms with van der Waals surface area (Å²) >= 11 is 0. The molecule has 2 aromatic rings. The van der Waals surface area contributed by atoms with Crippen LogP contribution in [0.3, 0.4) is 0 Å². The largest absolute Gasteiger partial charge is 0.370 e. The van der Waals surface area contributed by atoms with Gasteiger partial charge in [-0.25, -0.2) is 4.39 Å². The van der Waals surface area contributed by atoms with Crippen LogP contribution >= 0.6 is 0 Å². The van der Waals surface area contributed by atoms with Gasteiger partial charge in [0.1, 0.15) is 5.82 Å². The molecule has 6 nitrogen and oxygen atoms in total. The molecule has 0 N–H and O–H groups in total. The van der Waals surface area contributed by atoms with Crippen molar-refractivity contribution < 1.29 is 14.0 Å². The molecule has 5 rings (SSSR count). The molecule has 0 spiro atoms. The number of piperidine rings is 1. The van der Waals surface area contributed by atoms with Crippen LogP contribution in [0, 0.1) is 17.2 Å².